The van der Waals surface area contributed by atoms with Crippen LogP contribution < -0.4 is 15.4 Å². The zero-order chi connectivity index (χ0) is 20.6. The highest BCUT2D eigenvalue weighted by molar-refractivity contribution is 14.0. The lowest BCUT2D eigenvalue weighted by molar-refractivity contribution is 0.258. The van der Waals surface area contributed by atoms with Gasteiger partial charge in [0, 0.05) is 37.3 Å². The van der Waals surface area contributed by atoms with Crippen LogP contribution >= 0.6 is 24.0 Å². The number of nitrogens with one attached hydrogen (secondary N) is 2. The van der Waals surface area contributed by atoms with Crippen LogP contribution in [0.5, 0.6) is 11.5 Å². The zero-order valence-electron chi connectivity index (χ0n) is 18.0. The molecule has 1 saturated heterocycles. The van der Waals surface area contributed by atoms with Gasteiger partial charge in [-0.1, -0.05) is 42.5 Å². The normalized spacial score (nSPS) is 19.2. The van der Waals surface area contributed by atoms with Gasteiger partial charge in [0.1, 0.15) is 0 Å². The van der Waals surface area contributed by atoms with Gasteiger partial charge in [-0.2, -0.15) is 0 Å². The minimum atomic E-state index is 0. The second-order valence-corrected chi connectivity index (χ2v) is 7.50. The SMILES string of the molecule is CCNC(=NCc1cccc(OC)c1O)NC1CC(C)N(Cc2ccccc2)C1.I. The minimum absolute atomic E-state index is 0. The molecule has 30 heavy (non-hydrogen) atoms. The van der Waals surface area contributed by atoms with Gasteiger partial charge in [-0.3, -0.25) is 4.90 Å². The van der Waals surface area contributed by atoms with E-state index in [9.17, 15) is 5.11 Å². The number of rotatable bonds is 7. The van der Waals surface area contributed by atoms with Crippen LogP contribution in [0.2, 0.25) is 0 Å². The molecule has 1 fully saturated rings. The summed E-state index contributed by atoms with van der Waals surface area (Å²) >= 11 is 0. The number of likely N-dealkylation sites (tertiary alicyclic amines) is 1. The third kappa shape index (κ3) is 6.50. The van der Waals surface area contributed by atoms with Crippen molar-refractivity contribution in [1.29, 1.82) is 0 Å². The van der Waals surface area contributed by atoms with E-state index < -0.39 is 0 Å². The lowest BCUT2D eigenvalue weighted by atomic mass is 10.2. The van der Waals surface area contributed by atoms with Crippen molar-refractivity contribution >= 4 is 29.9 Å². The summed E-state index contributed by atoms with van der Waals surface area (Å²) in [5.41, 5.74) is 2.08. The fourth-order valence-electron chi connectivity index (χ4n) is 3.78. The quantitative estimate of drug-likeness (QED) is 0.293. The van der Waals surface area contributed by atoms with Gasteiger partial charge in [0.15, 0.2) is 17.5 Å². The van der Waals surface area contributed by atoms with Crippen LogP contribution in [0, 0.1) is 0 Å². The Hall–Kier alpha value is -2.00. The summed E-state index contributed by atoms with van der Waals surface area (Å²) in [6, 6.07) is 16.9. The summed E-state index contributed by atoms with van der Waals surface area (Å²) in [5.74, 6) is 1.39. The maximum Gasteiger partial charge on any atom is 0.191 e. The smallest absolute Gasteiger partial charge is 0.191 e. The van der Waals surface area contributed by atoms with Crippen molar-refractivity contribution in [3.63, 3.8) is 0 Å². The Labute approximate surface area is 196 Å². The summed E-state index contributed by atoms with van der Waals surface area (Å²) in [7, 11) is 1.55. The van der Waals surface area contributed by atoms with E-state index in [2.05, 4.69) is 64.7 Å². The van der Waals surface area contributed by atoms with Crippen LogP contribution in [0.1, 0.15) is 31.4 Å². The van der Waals surface area contributed by atoms with Crippen LogP contribution in [0.15, 0.2) is 53.5 Å². The number of methoxy groups -OCH3 is 1. The first-order valence-electron chi connectivity index (χ1n) is 10.3. The molecule has 3 rings (SSSR count). The first-order valence-corrected chi connectivity index (χ1v) is 10.3. The first-order chi connectivity index (χ1) is 14.1. The highest BCUT2D eigenvalue weighted by Crippen LogP contribution is 2.29. The third-order valence-electron chi connectivity index (χ3n) is 5.33. The molecule has 7 heteroatoms. The number of aromatic hydroxyl groups is 1. The molecule has 6 nitrogen and oxygen atoms in total. The van der Waals surface area contributed by atoms with Gasteiger partial charge >= 0.3 is 0 Å². The average molecular weight is 524 g/mol. The lowest BCUT2D eigenvalue weighted by Crippen LogP contribution is -2.44. The molecule has 0 bridgehead atoms. The summed E-state index contributed by atoms with van der Waals surface area (Å²) in [5, 5.41) is 17.2. The monoisotopic (exact) mass is 524 g/mol. The zero-order valence-corrected chi connectivity index (χ0v) is 20.3. The highest BCUT2D eigenvalue weighted by atomic mass is 127. The number of guanidine groups is 1. The van der Waals surface area contributed by atoms with E-state index >= 15 is 0 Å². The number of ether oxygens (including phenoxy) is 1. The number of benzene rings is 2. The summed E-state index contributed by atoms with van der Waals surface area (Å²) in [6.07, 6.45) is 1.07. The van der Waals surface area contributed by atoms with Gasteiger partial charge in [0.25, 0.3) is 0 Å². The van der Waals surface area contributed by atoms with Gasteiger partial charge < -0.3 is 20.5 Å². The molecule has 1 aliphatic heterocycles. The van der Waals surface area contributed by atoms with Gasteiger partial charge in [0.05, 0.1) is 13.7 Å². The number of phenols is 1. The molecular formula is C23H33IN4O2. The molecule has 0 amide bonds. The molecule has 0 aromatic heterocycles. The number of para-hydroxylation sites is 1. The van der Waals surface area contributed by atoms with Gasteiger partial charge in [0.2, 0.25) is 0 Å². The standard InChI is InChI=1S/C23H32N4O2.HI/c1-4-24-23(25-14-19-11-8-12-21(29-3)22(19)28)26-20-13-17(2)27(16-20)15-18-9-6-5-7-10-18;/h5-12,17,20,28H,4,13-16H2,1-3H3,(H2,24,25,26);1H. The number of halogens is 1. The van der Waals surface area contributed by atoms with Gasteiger partial charge in [-0.15, -0.1) is 24.0 Å². The Balaban J connectivity index is 0.00000320. The van der Waals surface area contributed by atoms with Gasteiger partial charge in [-0.05, 0) is 31.9 Å². The van der Waals surface area contributed by atoms with E-state index in [1.807, 2.05) is 12.1 Å². The molecule has 2 aromatic rings. The topological polar surface area (TPSA) is 69.1 Å². The van der Waals surface area contributed by atoms with Gasteiger partial charge in [-0.25, -0.2) is 4.99 Å². The second kappa shape index (κ2) is 12.0. The Morgan fingerprint density at radius 2 is 1.97 bits per heavy atom. The van der Waals surface area contributed by atoms with Crippen LogP contribution in [0.25, 0.3) is 0 Å². The fraction of sp³-hybridized carbons (Fsp3) is 0.435. The van der Waals surface area contributed by atoms with E-state index in [1.165, 1.54) is 5.56 Å². The summed E-state index contributed by atoms with van der Waals surface area (Å²) in [6.45, 7) is 7.44. The maximum absolute atomic E-state index is 10.3. The number of hydrogen-bond acceptors (Lipinski definition) is 4. The van der Waals surface area contributed by atoms with Crippen molar-refractivity contribution in [2.24, 2.45) is 4.99 Å². The van der Waals surface area contributed by atoms with Crippen LogP contribution in [-0.2, 0) is 13.1 Å². The molecule has 2 aromatic carbocycles. The number of nitrogens with zero attached hydrogens (tertiary/aromatic N) is 2. The number of aliphatic imine (C=N–C) groups is 1. The highest BCUT2D eigenvalue weighted by Gasteiger charge is 2.29. The molecule has 0 radical (unpaired) electrons. The van der Waals surface area contributed by atoms with Crippen LogP contribution in [-0.4, -0.2) is 48.2 Å². The molecule has 2 unspecified atom stereocenters. The van der Waals surface area contributed by atoms with E-state index in [-0.39, 0.29) is 29.7 Å². The maximum atomic E-state index is 10.3. The largest absolute Gasteiger partial charge is 0.504 e. The van der Waals surface area contributed by atoms with Crippen molar-refractivity contribution in [3.8, 4) is 11.5 Å². The van der Waals surface area contributed by atoms with Crippen LogP contribution in [0.4, 0.5) is 0 Å². The van der Waals surface area contributed by atoms with E-state index in [1.54, 1.807) is 13.2 Å². The summed E-state index contributed by atoms with van der Waals surface area (Å²) < 4.78 is 5.18. The molecule has 1 heterocycles. The Morgan fingerprint density at radius 1 is 1.20 bits per heavy atom. The van der Waals surface area contributed by atoms with Crippen molar-refractivity contribution in [2.45, 2.75) is 45.4 Å². The van der Waals surface area contributed by atoms with Crippen LogP contribution in [0.3, 0.4) is 0 Å². The molecule has 0 saturated carbocycles. The Kier molecular flexibility index (Phi) is 9.71. The van der Waals surface area contributed by atoms with Crippen molar-refractivity contribution < 1.29 is 9.84 Å². The van der Waals surface area contributed by atoms with Crippen molar-refractivity contribution in [3.05, 3.63) is 59.7 Å². The predicted molar refractivity (Wildman–Crippen MR) is 133 cm³/mol. The van der Waals surface area contributed by atoms with Crippen molar-refractivity contribution in [2.75, 3.05) is 20.2 Å². The first kappa shape index (κ1) is 24.3. The lowest BCUT2D eigenvalue weighted by Gasteiger charge is -2.21. The molecular weight excluding hydrogens is 491 g/mol. The molecule has 0 spiro atoms. The molecule has 1 aliphatic rings. The molecule has 3 N–H and O–H groups in total. The Bertz CT molecular complexity index is 816. The molecule has 2 atom stereocenters. The number of phenolic OH excluding ortho intramolecular Hbond substituents is 1. The van der Waals surface area contributed by atoms with E-state index in [0.717, 1.165) is 37.6 Å². The van der Waals surface area contributed by atoms with E-state index in [0.29, 0.717) is 24.4 Å². The average Bonchev–Trinajstić information content (AvgIpc) is 3.06. The van der Waals surface area contributed by atoms with Crippen molar-refractivity contribution in [1.82, 2.24) is 15.5 Å². The van der Waals surface area contributed by atoms with E-state index in [4.69, 9.17) is 4.74 Å². The molecule has 164 valence electrons. The Morgan fingerprint density at radius 3 is 2.67 bits per heavy atom. The summed E-state index contributed by atoms with van der Waals surface area (Å²) in [4.78, 5) is 7.18. The molecule has 0 aliphatic carbocycles. The number of hydrogen-bond donors (Lipinski definition) is 3. The predicted octanol–water partition coefficient (Wildman–Crippen LogP) is 3.74. The third-order valence-corrected chi connectivity index (χ3v) is 5.33. The minimum Gasteiger partial charge on any atom is -0.504 e. The second-order valence-electron chi connectivity index (χ2n) is 7.50. The fourth-order valence-corrected chi connectivity index (χ4v) is 3.78.